The second-order valence-electron chi connectivity index (χ2n) is 3.46. The average Bonchev–Trinajstić information content (AvgIpc) is 2.71. The van der Waals surface area contributed by atoms with E-state index in [1.54, 1.807) is 0 Å². The molecule has 0 unspecified atom stereocenters. The van der Waals surface area contributed by atoms with Crippen molar-refractivity contribution < 1.29 is 9.90 Å². The number of aryl methyl sites for hydroxylation is 2. The lowest BCUT2D eigenvalue weighted by Gasteiger charge is -1.91. The fourth-order valence-corrected chi connectivity index (χ4v) is 1.56. The van der Waals surface area contributed by atoms with Gasteiger partial charge in [-0.2, -0.15) is 5.10 Å². The minimum absolute atomic E-state index is 0.100. The van der Waals surface area contributed by atoms with Gasteiger partial charge < -0.3 is 10.1 Å². The Labute approximate surface area is 86.1 Å². The zero-order valence-corrected chi connectivity index (χ0v) is 8.46. The lowest BCUT2D eigenvalue weighted by Crippen LogP contribution is -1.95. The van der Waals surface area contributed by atoms with E-state index in [1.807, 2.05) is 19.9 Å². The van der Waals surface area contributed by atoms with Crippen LogP contribution in [0.3, 0.4) is 0 Å². The third-order valence-electron chi connectivity index (χ3n) is 2.23. The molecule has 3 N–H and O–H groups in total. The van der Waals surface area contributed by atoms with Gasteiger partial charge >= 0.3 is 5.97 Å². The van der Waals surface area contributed by atoms with Gasteiger partial charge in [-0.3, -0.25) is 5.10 Å². The van der Waals surface area contributed by atoms with Gasteiger partial charge in [0.25, 0.3) is 0 Å². The summed E-state index contributed by atoms with van der Waals surface area (Å²) < 4.78 is 0. The molecule has 0 aliphatic carbocycles. The Kier molecular flexibility index (Phi) is 2.07. The predicted molar refractivity (Wildman–Crippen MR) is 54.8 cm³/mol. The van der Waals surface area contributed by atoms with Crippen LogP contribution in [0.2, 0.25) is 0 Å². The Morgan fingerprint density at radius 3 is 2.60 bits per heavy atom. The highest BCUT2D eigenvalue weighted by molar-refractivity contribution is 5.87. The number of rotatable bonds is 2. The number of carboxylic acid groups (broad SMARTS) is 1. The van der Waals surface area contributed by atoms with Gasteiger partial charge in [-0.15, -0.1) is 0 Å². The molecule has 5 heteroatoms. The molecule has 78 valence electrons. The van der Waals surface area contributed by atoms with Crippen molar-refractivity contribution in [3.63, 3.8) is 0 Å². The Morgan fingerprint density at radius 1 is 1.40 bits per heavy atom. The molecule has 2 aromatic heterocycles. The summed E-state index contributed by atoms with van der Waals surface area (Å²) in [6, 6.07) is 3.47. The number of aromatic nitrogens is 3. The van der Waals surface area contributed by atoms with Gasteiger partial charge in [0.1, 0.15) is 5.69 Å². The monoisotopic (exact) mass is 205 g/mol. The Hall–Kier alpha value is -2.04. The van der Waals surface area contributed by atoms with E-state index in [4.69, 9.17) is 5.11 Å². The molecule has 0 amide bonds. The summed E-state index contributed by atoms with van der Waals surface area (Å²) in [6.45, 7) is 3.87. The molecule has 0 fully saturated rings. The fourth-order valence-electron chi connectivity index (χ4n) is 1.56. The number of H-pyrrole nitrogens is 2. The van der Waals surface area contributed by atoms with Gasteiger partial charge in [0, 0.05) is 17.0 Å². The minimum atomic E-state index is -1.00. The highest BCUT2D eigenvalue weighted by Gasteiger charge is 2.11. The van der Waals surface area contributed by atoms with E-state index in [1.165, 1.54) is 6.07 Å². The van der Waals surface area contributed by atoms with E-state index in [2.05, 4.69) is 15.2 Å². The van der Waals surface area contributed by atoms with E-state index >= 15 is 0 Å². The lowest BCUT2D eigenvalue weighted by molar-refractivity contribution is 0.0690. The molecule has 15 heavy (non-hydrogen) atoms. The highest BCUT2D eigenvalue weighted by atomic mass is 16.4. The topological polar surface area (TPSA) is 81.8 Å². The number of aromatic amines is 2. The summed E-state index contributed by atoms with van der Waals surface area (Å²) in [5, 5.41) is 15.2. The van der Waals surface area contributed by atoms with Gasteiger partial charge in [-0.25, -0.2) is 4.79 Å². The first-order valence-electron chi connectivity index (χ1n) is 4.53. The Bertz CT molecular complexity index is 510. The van der Waals surface area contributed by atoms with Crippen LogP contribution in [0.4, 0.5) is 0 Å². The number of nitrogens with zero attached hydrogens (tertiary/aromatic N) is 1. The van der Waals surface area contributed by atoms with Gasteiger partial charge in [-0.05, 0) is 26.0 Å². The maximum absolute atomic E-state index is 10.7. The Balaban J connectivity index is 2.45. The maximum atomic E-state index is 10.7. The van der Waals surface area contributed by atoms with Crippen molar-refractivity contribution in [2.75, 3.05) is 0 Å². The molecule has 5 nitrogen and oxygen atoms in total. The van der Waals surface area contributed by atoms with Crippen LogP contribution in [0, 0.1) is 13.8 Å². The molecule has 0 saturated carbocycles. The number of hydrogen-bond donors (Lipinski definition) is 3. The van der Waals surface area contributed by atoms with Gasteiger partial charge in [0.05, 0.1) is 5.69 Å². The van der Waals surface area contributed by atoms with Crippen molar-refractivity contribution in [2.45, 2.75) is 13.8 Å². The number of carboxylic acids is 1. The molecular formula is C10H11N3O2. The summed E-state index contributed by atoms with van der Waals surface area (Å²) in [7, 11) is 0. The number of aromatic carboxylic acids is 1. The summed E-state index contributed by atoms with van der Waals surface area (Å²) in [4.78, 5) is 13.8. The molecule has 0 bridgehead atoms. The fraction of sp³-hybridized carbons (Fsp3) is 0.200. The van der Waals surface area contributed by atoms with Gasteiger partial charge in [0.2, 0.25) is 0 Å². The SMILES string of the molecule is Cc1cc(-c2cc(C(=O)O)[nH]n2)c(C)[nH]1. The predicted octanol–water partition coefficient (Wildman–Crippen LogP) is 1.72. The quantitative estimate of drug-likeness (QED) is 0.698. The summed E-state index contributed by atoms with van der Waals surface area (Å²) >= 11 is 0. The molecule has 0 atom stereocenters. The van der Waals surface area contributed by atoms with Crippen molar-refractivity contribution in [3.05, 3.63) is 29.2 Å². The number of hydrogen-bond acceptors (Lipinski definition) is 2. The molecule has 0 saturated heterocycles. The third kappa shape index (κ3) is 1.63. The smallest absolute Gasteiger partial charge is 0.353 e. The van der Waals surface area contributed by atoms with Crippen molar-refractivity contribution >= 4 is 5.97 Å². The molecule has 0 radical (unpaired) electrons. The molecular weight excluding hydrogens is 194 g/mol. The van der Waals surface area contributed by atoms with Crippen LogP contribution in [0.1, 0.15) is 21.9 Å². The van der Waals surface area contributed by atoms with Crippen LogP contribution in [-0.2, 0) is 0 Å². The second kappa shape index (κ2) is 3.27. The zero-order valence-electron chi connectivity index (χ0n) is 8.46. The lowest BCUT2D eigenvalue weighted by atomic mass is 10.2. The summed E-state index contributed by atoms with van der Waals surface area (Å²) in [5.74, 6) is -1.00. The molecule has 2 aromatic rings. The van der Waals surface area contributed by atoms with Crippen LogP contribution in [0.5, 0.6) is 0 Å². The summed E-state index contributed by atoms with van der Waals surface area (Å²) in [5.41, 5.74) is 3.69. The standard InChI is InChI=1S/C10H11N3O2/c1-5-3-7(6(2)11-5)8-4-9(10(14)15)13-12-8/h3-4,11H,1-2H3,(H,12,13)(H,14,15). The van der Waals surface area contributed by atoms with Gasteiger partial charge in [0.15, 0.2) is 0 Å². The first-order chi connectivity index (χ1) is 7.08. The second-order valence-corrected chi connectivity index (χ2v) is 3.46. The van der Waals surface area contributed by atoms with Crippen LogP contribution in [0.15, 0.2) is 12.1 Å². The Morgan fingerprint density at radius 2 is 2.13 bits per heavy atom. The van der Waals surface area contributed by atoms with Crippen LogP contribution < -0.4 is 0 Å². The molecule has 0 aliphatic rings. The van der Waals surface area contributed by atoms with E-state index in [0.29, 0.717) is 5.69 Å². The normalized spacial score (nSPS) is 10.5. The molecule has 0 spiro atoms. The minimum Gasteiger partial charge on any atom is -0.477 e. The maximum Gasteiger partial charge on any atom is 0.353 e. The first-order valence-corrected chi connectivity index (χ1v) is 4.53. The average molecular weight is 205 g/mol. The largest absolute Gasteiger partial charge is 0.477 e. The number of nitrogens with one attached hydrogen (secondary N) is 2. The molecule has 0 aromatic carbocycles. The van der Waals surface area contributed by atoms with E-state index in [9.17, 15) is 4.79 Å². The van der Waals surface area contributed by atoms with Crippen molar-refractivity contribution in [1.29, 1.82) is 0 Å². The van der Waals surface area contributed by atoms with Crippen LogP contribution in [0.25, 0.3) is 11.3 Å². The first kappa shape index (κ1) is 9.51. The van der Waals surface area contributed by atoms with Crippen molar-refractivity contribution in [3.8, 4) is 11.3 Å². The zero-order chi connectivity index (χ0) is 11.0. The van der Waals surface area contributed by atoms with Crippen molar-refractivity contribution in [2.24, 2.45) is 0 Å². The molecule has 2 heterocycles. The van der Waals surface area contributed by atoms with E-state index in [-0.39, 0.29) is 5.69 Å². The van der Waals surface area contributed by atoms with Crippen LogP contribution >= 0.6 is 0 Å². The van der Waals surface area contributed by atoms with E-state index < -0.39 is 5.97 Å². The number of carbonyl (C=O) groups is 1. The van der Waals surface area contributed by atoms with Crippen molar-refractivity contribution in [1.82, 2.24) is 15.2 Å². The molecule has 0 aliphatic heterocycles. The van der Waals surface area contributed by atoms with Gasteiger partial charge in [-0.1, -0.05) is 0 Å². The van der Waals surface area contributed by atoms with Crippen LogP contribution in [-0.4, -0.2) is 26.3 Å². The van der Waals surface area contributed by atoms with E-state index in [0.717, 1.165) is 17.0 Å². The highest BCUT2D eigenvalue weighted by Crippen LogP contribution is 2.22. The summed E-state index contributed by atoms with van der Waals surface area (Å²) in [6.07, 6.45) is 0. The molecule has 2 rings (SSSR count). The third-order valence-corrected chi connectivity index (χ3v) is 2.23.